The van der Waals surface area contributed by atoms with Crippen molar-refractivity contribution in [2.75, 3.05) is 32.4 Å². The number of halogens is 1. The Labute approximate surface area is 178 Å². The van der Waals surface area contributed by atoms with E-state index in [1.165, 1.54) is 11.3 Å². The molecule has 0 aromatic heterocycles. The van der Waals surface area contributed by atoms with Crippen molar-refractivity contribution in [1.29, 1.82) is 0 Å². The van der Waals surface area contributed by atoms with Crippen LogP contribution in [0.4, 0.5) is 0 Å². The molecule has 1 N–H and O–H groups in total. The van der Waals surface area contributed by atoms with E-state index in [9.17, 15) is 4.79 Å². The molecule has 146 valence electrons. The molecule has 1 aliphatic heterocycles. The Morgan fingerprint density at radius 3 is 2.77 bits per heavy atom. The summed E-state index contributed by atoms with van der Waals surface area (Å²) >= 11 is 1.92. The fraction of sp³-hybridized carbons (Fsp3) is 0.579. The SMILES string of the molecule is CN=C(NCCC(=O)OC(C)C)N1CCC(CSc2ccccc2)C1.I. The molecule has 1 unspecified atom stereocenters. The Hall–Kier alpha value is -0.960. The second-order valence-corrected chi connectivity index (χ2v) is 7.58. The first kappa shape index (κ1) is 23.1. The Kier molecular flexibility index (Phi) is 11.0. The minimum Gasteiger partial charge on any atom is -0.463 e. The van der Waals surface area contributed by atoms with E-state index in [2.05, 4.69) is 39.5 Å². The molecule has 0 radical (unpaired) electrons. The summed E-state index contributed by atoms with van der Waals surface area (Å²) < 4.78 is 5.15. The number of carbonyl (C=O) groups is 1. The van der Waals surface area contributed by atoms with Crippen LogP contribution in [0.15, 0.2) is 40.2 Å². The molecule has 2 rings (SSSR count). The van der Waals surface area contributed by atoms with Crippen molar-refractivity contribution in [2.24, 2.45) is 10.9 Å². The standard InChI is InChI=1S/C19H29N3O2S.HI/c1-15(2)24-18(23)9-11-21-19(20-3)22-12-10-16(13-22)14-25-17-7-5-4-6-8-17;/h4-8,15-16H,9-14H2,1-3H3,(H,20,21);1H. The van der Waals surface area contributed by atoms with Crippen LogP contribution in [0.5, 0.6) is 0 Å². The number of guanidine groups is 1. The summed E-state index contributed by atoms with van der Waals surface area (Å²) in [7, 11) is 1.79. The first-order valence-electron chi connectivity index (χ1n) is 8.91. The molecule has 1 atom stereocenters. The largest absolute Gasteiger partial charge is 0.463 e. The molecule has 0 spiro atoms. The highest BCUT2D eigenvalue weighted by atomic mass is 127. The van der Waals surface area contributed by atoms with Gasteiger partial charge in [-0.3, -0.25) is 9.79 Å². The predicted molar refractivity (Wildman–Crippen MR) is 119 cm³/mol. The van der Waals surface area contributed by atoms with Crippen LogP contribution in [0.3, 0.4) is 0 Å². The zero-order chi connectivity index (χ0) is 18.1. The van der Waals surface area contributed by atoms with E-state index < -0.39 is 0 Å². The summed E-state index contributed by atoms with van der Waals surface area (Å²) in [5, 5.41) is 3.28. The number of carbonyl (C=O) groups excluding carboxylic acids is 1. The highest BCUT2D eigenvalue weighted by molar-refractivity contribution is 14.0. The third kappa shape index (κ3) is 8.16. The molecule has 1 aromatic rings. The normalized spacial score (nSPS) is 17.2. The van der Waals surface area contributed by atoms with Crippen LogP contribution in [-0.2, 0) is 9.53 Å². The maximum Gasteiger partial charge on any atom is 0.307 e. The number of benzene rings is 1. The topological polar surface area (TPSA) is 53.9 Å². The van der Waals surface area contributed by atoms with Crippen molar-refractivity contribution >= 4 is 47.7 Å². The Morgan fingerprint density at radius 2 is 2.12 bits per heavy atom. The van der Waals surface area contributed by atoms with Gasteiger partial charge in [0, 0.05) is 37.3 Å². The molecule has 1 saturated heterocycles. The number of hydrogen-bond donors (Lipinski definition) is 1. The highest BCUT2D eigenvalue weighted by Gasteiger charge is 2.24. The van der Waals surface area contributed by atoms with Crippen LogP contribution in [0.25, 0.3) is 0 Å². The van der Waals surface area contributed by atoms with Gasteiger partial charge in [-0.25, -0.2) is 0 Å². The van der Waals surface area contributed by atoms with Crippen molar-refractivity contribution in [3.05, 3.63) is 30.3 Å². The van der Waals surface area contributed by atoms with E-state index in [1.54, 1.807) is 7.05 Å². The molecule has 0 aliphatic carbocycles. The number of nitrogens with one attached hydrogen (secondary N) is 1. The molecule has 1 aliphatic rings. The minimum atomic E-state index is -0.170. The molecular weight excluding hydrogens is 461 g/mol. The molecule has 26 heavy (non-hydrogen) atoms. The number of nitrogens with zero attached hydrogens (tertiary/aromatic N) is 2. The summed E-state index contributed by atoms with van der Waals surface area (Å²) in [6.07, 6.45) is 1.47. The second-order valence-electron chi connectivity index (χ2n) is 6.49. The van der Waals surface area contributed by atoms with Gasteiger partial charge in [0.1, 0.15) is 0 Å². The lowest BCUT2D eigenvalue weighted by molar-refractivity contribution is -0.147. The van der Waals surface area contributed by atoms with Crippen LogP contribution in [0.1, 0.15) is 26.7 Å². The van der Waals surface area contributed by atoms with Gasteiger partial charge in [-0.1, -0.05) is 18.2 Å². The average Bonchev–Trinajstić information content (AvgIpc) is 3.06. The number of aliphatic imine (C=N–C) groups is 1. The van der Waals surface area contributed by atoms with Gasteiger partial charge < -0.3 is 15.0 Å². The minimum absolute atomic E-state index is 0. The Balaban J connectivity index is 0.00000338. The summed E-state index contributed by atoms with van der Waals surface area (Å²) in [5.74, 6) is 2.49. The fourth-order valence-electron chi connectivity index (χ4n) is 2.82. The second kappa shape index (κ2) is 12.4. The fourth-order valence-corrected chi connectivity index (χ4v) is 3.87. The van der Waals surface area contributed by atoms with E-state index in [-0.39, 0.29) is 36.0 Å². The smallest absolute Gasteiger partial charge is 0.307 e. The molecular formula is C19H30IN3O2S. The number of rotatable bonds is 7. The number of ether oxygens (including phenoxy) is 1. The van der Waals surface area contributed by atoms with Gasteiger partial charge in [0.05, 0.1) is 12.5 Å². The van der Waals surface area contributed by atoms with Crippen molar-refractivity contribution < 1.29 is 9.53 Å². The van der Waals surface area contributed by atoms with Crippen molar-refractivity contribution in [1.82, 2.24) is 10.2 Å². The van der Waals surface area contributed by atoms with Gasteiger partial charge in [-0.05, 0) is 38.3 Å². The van der Waals surface area contributed by atoms with Crippen LogP contribution in [0.2, 0.25) is 0 Å². The van der Waals surface area contributed by atoms with Gasteiger partial charge in [0.25, 0.3) is 0 Å². The first-order valence-corrected chi connectivity index (χ1v) is 9.90. The zero-order valence-electron chi connectivity index (χ0n) is 15.8. The molecule has 1 heterocycles. The summed E-state index contributed by atoms with van der Waals surface area (Å²) in [5.41, 5.74) is 0. The number of esters is 1. The third-order valence-electron chi connectivity index (χ3n) is 4.01. The first-order chi connectivity index (χ1) is 12.1. The highest BCUT2D eigenvalue weighted by Crippen LogP contribution is 2.25. The number of hydrogen-bond acceptors (Lipinski definition) is 4. The summed E-state index contributed by atoms with van der Waals surface area (Å²) in [4.78, 5) is 19.6. The molecule has 0 amide bonds. The lowest BCUT2D eigenvalue weighted by atomic mass is 10.2. The van der Waals surface area contributed by atoms with Crippen LogP contribution < -0.4 is 5.32 Å². The van der Waals surface area contributed by atoms with Crippen molar-refractivity contribution in [3.8, 4) is 0 Å². The Morgan fingerprint density at radius 1 is 1.38 bits per heavy atom. The lowest BCUT2D eigenvalue weighted by Crippen LogP contribution is -2.41. The van der Waals surface area contributed by atoms with Gasteiger partial charge in [-0.2, -0.15) is 0 Å². The van der Waals surface area contributed by atoms with Crippen molar-refractivity contribution in [3.63, 3.8) is 0 Å². The number of likely N-dealkylation sites (tertiary alicyclic amines) is 1. The quantitative estimate of drug-likeness (QED) is 0.208. The maximum absolute atomic E-state index is 11.6. The molecule has 0 bridgehead atoms. The maximum atomic E-state index is 11.6. The molecule has 7 heteroatoms. The molecule has 1 aromatic carbocycles. The van der Waals surface area contributed by atoms with Crippen molar-refractivity contribution in [2.45, 2.75) is 37.7 Å². The van der Waals surface area contributed by atoms with Gasteiger partial charge in [-0.15, -0.1) is 35.7 Å². The van der Waals surface area contributed by atoms with Crippen LogP contribution in [0, 0.1) is 5.92 Å². The van der Waals surface area contributed by atoms with Crippen LogP contribution >= 0.6 is 35.7 Å². The van der Waals surface area contributed by atoms with E-state index in [0.717, 1.165) is 24.8 Å². The van der Waals surface area contributed by atoms with E-state index in [4.69, 9.17) is 4.74 Å². The van der Waals surface area contributed by atoms with E-state index in [0.29, 0.717) is 18.9 Å². The van der Waals surface area contributed by atoms with Gasteiger partial charge in [0.15, 0.2) is 5.96 Å². The molecule has 0 saturated carbocycles. The lowest BCUT2D eigenvalue weighted by Gasteiger charge is -2.21. The van der Waals surface area contributed by atoms with E-state index >= 15 is 0 Å². The zero-order valence-corrected chi connectivity index (χ0v) is 19.0. The monoisotopic (exact) mass is 491 g/mol. The van der Waals surface area contributed by atoms with E-state index in [1.807, 2.05) is 31.7 Å². The Bertz CT molecular complexity index is 569. The molecule has 5 nitrogen and oxygen atoms in total. The third-order valence-corrected chi connectivity index (χ3v) is 5.25. The van der Waals surface area contributed by atoms with Crippen LogP contribution in [-0.4, -0.2) is 55.4 Å². The summed E-state index contributed by atoms with van der Waals surface area (Å²) in [6, 6.07) is 10.5. The summed E-state index contributed by atoms with van der Waals surface area (Å²) in [6.45, 7) is 6.30. The number of thioether (sulfide) groups is 1. The van der Waals surface area contributed by atoms with Gasteiger partial charge >= 0.3 is 5.97 Å². The predicted octanol–water partition coefficient (Wildman–Crippen LogP) is 3.64. The average molecular weight is 491 g/mol. The van der Waals surface area contributed by atoms with Gasteiger partial charge in [0.2, 0.25) is 0 Å². The molecule has 1 fully saturated rings.